The summed E-state index contributed by atoms with van der Waals surface area (Å²) in [6.45, 7) is 6.73. The minimum absolute atomic E-state index is 0.148. The van der Waals surface area contributed by atoms with Gasteiger partial charge in [-0.2, -0.15) is 0 Å². The third-order valence-corrected chi connectivity index (χ3v) is 9.15. The van der Waals surface area contributed by atoms with Crippen LogP contribution in [-0.4, -0.2) is 24.6 Å². The molecule has 0 aromatic carbocycles. The van der Waals surface area contributed by atoms with Gasteiger partial charge in [-0.1, -0.05) is 201 Å². The Kier molecular flexibility index (Phi) is 35.5. The monoisotopic (exact) mass is 623 g/mol. The molecule has 0 aromatic rings. The van der Waals surface area contributed by atoms with Gasteiger partial charge in [-0.05, 0) is 19.3 Å². The lowest BCUT2D eigenvalue weighted by molar-refractivity contribution is -0.159. The Bertz CT molecular complexity index is 590. The Hall–Kier alpha value is -1.06. The normalized spacial score (nSPS) is 12.0. The molecule has 0 rings (SSSR count). The number of hydrogen-bond donors (Lipinski definition) is 0. The SMILES string of the molecule is CCCCCCCCCCCCCCCCCC(=O)OCC(CC)OC(=O)CCCCCCCCCCCCCCCCC. The molecular formula is C40H78O4. The number of carbonyl (C=O) groups excluding carboxylic acids is 2. The molecule has 0 fully saturated rings. The summed E-state index contributed by atoms with van der Waals surface area (Å²) in [5, 5.41) is 0. The van der Waals surface area contributed by atoms with Crippen LogP contribution in [0.4, 0.5) is 0 Å². The molecule has 0 heterocycles. The lowest BCUT2D eigenvalue weighted by atomic mass is 10.0. The fourth-order valence-corrected chi connectivity index (χ4v) is 6.02. The minimum atomic E-state index is -0.316. The van der Waals surface area contributed by atoms with E-state index in [1.165, 1.54) is 167 Å². The van der Waals surface area contributed by atoms with Crippen LogP contribution >= 0.6 is 0 Å². The fourth-order valence-electron chi connectivity index (χ4n) is 6.02. The number of hydrogen-bond acceptors (Lipinski definition) is 4. The second-order valence-electron chi connectivity index (χ2n) is 13.6. The van der Waals surface area contributed by atoms with Crippen molar-refractivity contribution < 1.29 is 19.1 Å². The molecule has 4 heteroatoms. The quantitative estimate of drug-likeness (QED) is 0.0515. The summed E-state index contributed by atoms with van der Waals surface area (Å²) in [6, 6.07) is 0. The van der Waals surface area contributed by atoms with Gasteiger partial charge in [-0.15, -0.1) is 0 Å². The van der Waals surface area contributed by atoms with Gasteiger partial charge in [0.05, 0.1) is 0 Å². The maximum atomic E-state index is 12.3. The van der Waals surface area contributed by atoms with Crippen LogP contribution in [0.1, 0.15) is 233 Å². The predicted molar refractivity (Wildman–Crippen MR) is 190 cm³/mol. The van der Waals surface area contributed by atoms with Gasteiger partial charge in [0, 0.05) is 12.8 Å². The molecule has 262 valence electrons. The molecular weight excluding hydrogens is 544 g/mol. The topological polar surface area (TPSA) is 52.6 Å². The number of carbonyl (C=O) groups is 2. The third kappa shape index (κ3) is 33.8. The van der Waals surface area contributed by atoms with E-state index in [0.717, 1.165) is 25.7 Å². The zero-order chi connectivity index (χ0) is 32.2. The molecule has 0 saturated carbocycles. The van der Waals surface area contributed by atoms with Crippen molar-refractivity contribution in [1.29, 1.82) is 0 Å². The maximum Gasteiger partial charge on any atom is 0.306 e. The minimum Gasteiger partial charge on any atom is -0.462 e. The third-order valence-electron chi connectivity index (χ3n) is 9.15. The second-order valence-corrected chi connectivity index (χ2v) is 13.6. The van der Waals surface area contributed by atoms with Gasteiger partial charge in [-0.25, -0.2) is 0 Å². The molecule has 44 heavy (non-hydrogen) atoms. The summed E-state index contributed by atoms with van der Waals surface area (Å²) < 4.78 is 11.0. The maximum absolute atomic E-state index is 12.3. The van der Waals surface area contributed by atoms with E-state index in [4.69, 9.17) is 9.47 Å². The lowest BCUT2D eigenvalue weighted by Crippen LogP contribution is -2.24. The summed E-state index contributed by atoms with van der Waals surface area (Å²) in [5.41, 5.74) is 0. The van der Waals surface area contributed by atoms with E-state index >= 15 is 0 Å². The van der Waals surface area contributed by atoms with Gasteiger partial charge >= 0.3 is 11.9 Å². The number of ether oxygens (including phenoxy) is 2. The number of rotatable bonds is 36. The van der Waals surface area contributed by atoms with E-state index in [2.05, 4.69) is 13.8 Å². The smallest absolute Gasteiger partial charge is 0.306 e. The Morgan fingerprint density at radius 1 is 0.386 bits per heavy atom. The number of unbranched alkanes of at least 4 members (excludes halogenated alkanes) is 28. The molecule has 4 nitrogen and oxygen atoms in total. The van der Waals surface area contributed by atoms with Crippen molar-refractivity contribution in [3.05, 3.63) is 0 Å². The molecule has 0 aliphatic rings. The van der Waals surface area contributed by atoms with Gasteiger partial charge in [-0.3, -0.25) is 9.59 Å². The first-order valence-electron chi connectivity index (χ1n) is 20.0. The molecule has 0 aromatic heterocycles. The van der Waals surface area contributed by atoms with Crippen molar-refractivity contribution in [3.63, 3.8) is 0 Å². The van der Waals surface area contributed by atoms with Gasteiger partial charge in [0.2, 0.25) is 0 Å². The van der Waals surface area contributed by atoms with E-state index in [9.17, 15) is 9.59 Å². The highest BCUT2D eigenvalue weighted by Crippen LogP contribution is 2.16. The first kappa shape index (κ1) is 42.9. The van der Waals surface area contributed by atoms with E-state index in [1.54, 1.807) is 0 Å². The van der Waals surface area contributed by atoms with E-state index in [1.807, 2.05) is 6.92 Å². The Morgan fingerprint density at radius 2 is 0.659 bits per heavy atom. The molecule has 1 unspecified atom stereocenters. The summed E-state index contributed by atoms with van der Waals surface area (Å²) >= 11 is 0. The zero-order valence-corrected chi connectivity index (χ0v) is 30.3. The van der Waals surface area contributed by atoms with Crippen molar-refractivity contribution in [2.24, 2.45) is 0 Å². The fraction of sp³-hybridized carbons (Fsp3) is 0.950. The molecule has 1 atom stereocenters. The van der Waals surface area contributed by atoms with Crippen LogP contribution in [0, 0.1) is 0 Å². The highest BCUT2D eigenvalue weighted by atomic mass is 16.6. The Morgan fingerprint density at radius 3 is 0.955 bits per heavy atom. The van der Waals surface area contributed by atoms with Crippen LogP contribution in [0.2, 0.25) is 0 Å². The van der Waals surface area contributed by atoms with Crippen LogP contribution in [0.25, 0.3) is 0 Å². The Balaban J connectivity index is 3.49. The molecule has 0 spiro atoms. The van der Waals surface area contributed by atoms with Crippen molar-refractivity contribution in [1.82, 2.24) is 0 Å². The first-order chi connectivity index (χ1) is 21.6. The zero-order valence-electron chi connectivity index (χ0n) is 30.3. The van der Waals surface area contributed by atoms with Crippen LogP contribution in [-0.2, 0) is 19.1 Å². The summed E-state index contributed by atoms with van der Waals surface area (Å²) in [5.74, 6) is -0.304. The van der Waals surface area contributed by atoms with Crippen LogP contribution < -0.4 is 0 Å². The highest BCUT2D eigenvalue weighted by molar-refractivity contribution is 5.70. The predicted octanol–water partition coefficient (Wildman–Crippen LogP) is 13.4. The average Bonchev–Trinajstić information content (AvgIpc) is 3.02. The summed E-state index contributed by atoms with van der Waals surface area (Å²) in [7, 11) is 0. The van der Waals surface area contributed by atoms with E-state index in [-0.39, 0.29) is 24.6 Å². The molecule has 0 aliphatic heterocycles. The van der Waals surface area contributed by atoms with Gasteiger partial charge < -0.3 is 9.47 Å². The number of esters is 2. The molecule has 0 aliphatic carbocycles. The molecule has 0 N–H and O–H groups in total. The standard InChI is InChI=1S/C40H78O4/c1-4-7-9-11-13-15-17-19-21-23-25-27-29-31-33-35-39(41)43-37-38(6-3)44-40(42)36-34-32-30-28-26-24-22-20-18-16-14-12-10-8-5-2/h38H,4-37H2,1-3H3. The van der Waals surface area contributed by atoms with Crippen LogP contribution in [0.15, 0.2) is 0 Å². The first-order valence-corrected chi connectivity index (χ1v) is 20.0. The van der Waals surface area contributed by atoms with Crippen molar-refractivity contribution in [2.75, 3.05) is 6.61 Å². The average molecular weight is 623 g/mol. The van der Waals surface area contributed by atoms with Crippen LogP contribution in [0.3, 0.4) is 0 Å². The summed E-state index contributed by atoms with van der Waals surface area (Å²) in [4.78, 5) is 24.4. The van der Waals surface area contributed by atoms with Gasteiger partial charge in [0.1, 0.15) is 12.7 Å². The van der Waals surface area contributed by atoms with Crippen molar-refractivity contribution in [3.8, 4) is 0 Å². The van der Waals surface area contributed by atoms with E-state index < -0.39 is 0 Å². The molecule has 0 saturated heterocycles. The van der Waals surface area contributed by atoms with E-state index in [0.29, 0.717) is 19.3 Å². The second kappa shape index (κ2) is 36.4. The van der Waals surface area contributed by atoms with Crippen molar-refractivity contribution >= 4 is 11.9 Å². The van der Waals surface area contributed by atoms with Crippen LogP contribution in [0.5, 0.6) is 0 Å². The molecule has 0 radical (unpaired) electrons. The lowest BCUT2D eigenvalue weighted by Gasteiger charge is -2.16. The van der Waals surface area contributed by atoms with Gasteiger partial charge in [0.25, 0.3) is 0 Å². The van der Waals surface area contributed by atoms with Gasteiger partial charge in [0.15, 0.2) is 0 Å². The van der Waals surface area contributed by atoms with Crippen molar-refractivity contribution in [2.45, 2.75) is 239 Å². The summed E-state index contributed by atoms with van der Waals surface area (Å²) in [6.07, 6.45) is 40.8. The molecule has 0 bridgehead atoms. The highest BCUT2D eigenvalue weighted by Gasteiger charge is 2.15. The largest absolute Gasteiger partial charge is 0.462 e. The molecule has 0 amide bonds. The Labute approximate surface area is 276 Å².